The molecule has 3 heterocycles. The predicted molar refractivity (Wildman–Crippen MR) is 71.5 cm³/mol. The van der Waals surface area contributed by atoms with Gasteiger partial charge in [-0.25, -0.2) is 4.98 Å². The Hall–Kier alpha value is -2.42. The van der Waals surface area contributed by atoms with Gasteiger partial charge in [-0.05, 0) is 6.92 Å². The minimum absolute atomic E-state index is 0.239. The van der Waals surface area contributed by atoms with Crippen LogP contribution in [0.4, 0.5) is 0 Å². The minimum atomic E-state index is -0.239. The maximum absolute atomic E-state index is 11.8. The third-order valence-corrected chi connectivity index (χ3v) is 3.57. The van der Waals surface area contributed by atoms with Crippen LogP contribution in [0.25, 0.3) is 4.96 Å². The molecule has 1 amide bonds. The first-order chi connectivity index (χ1) is 9.74. The van der Waals surface area contributed by atoms with Crippen LogP contribution in [-0.2, 0) is 6.42 Å². The molecule has 0 aliphatic rings. The van der Waals surface area contributed by atoms with E-state index in [1.54, 1.807) is 4.52 Å². The summed E-state index contributed by atoms with van der Waals surface area (Å²) in [5.74, 6) is 0.517. The lowest BCUT2D eigenvalue weighted by atomic mass is 10.4. The van der Waals surface area contributed by atoms with E-state index in [9.17, 15) is 4.79 Å². The van der Waals surface area contributed by atoms with Gasteiger partial charge in [0.2, 0.25) is 4.96 Å². The van der Waals surface area contributed by atoms with Crippen molar-refractivity contribution in [1.82, 2.24) is 35.1 Å². The summed E-state index contributed by atoms with van der Waals surface area (Å²) in [6.07, 6.45) is 5.08. The number of fused-ring (bicyclic) bond motifs is 1. The van der Waals surface area contributed by atoms with Gasteiger partial charge in [-0.2, -0.15) is 9.61 Å². The van der Waals surface area contributed by atoms with Gasteiger partial charge in [-0.15, -0.1) is 10.2 Å². The van der Waals surface area contributed by atoms with Crippen LogP contribution in [0.2, 0.25) is 0 Å². The van der Waals surface area contributed by atoms with Crippen LogP contribution in [0.15, 0.2) is 18.6 Å². The van der Waals surface area contributed by atoms with Crippen LogP contribution in [-0.4, -0.2) is 42.2 Å². The van der Waals surface area contributed by atoms with E-state index in [0.29, 0.717) is 18.7 Å². The number of carbonyl (C=O) groups excluding carboxylic acids is 1. The van der Waals surface area contributed by atoms with E-state index in [1.165, 1.54) is 29.9 Å². The van der Waals surface area contributed by atoms with Crippen molar-refractivity contribution in [3.63, 3.8) is 0 Å². The second kappa shape index (κ2) is 5.29. The third-order valence-electron chi connectivity index (χ3n) is 2.61. The zero-order chi connectivity index (χ0) is 13.9. The highest BCUT2D eigenvalue weighted by atomic mass is 32.1. The molecule has 20 heavy (non-hydrogen) atoms. The number of aromatic nitrogens is 6. The van der Waals surface area contributed by atoms with E-state index >= 15 is 0 Å². The highest BCUT2D eigenvalue weighted by Gasteiger charge is 2.10. The lowest BCUT2D eigenvalue weighted by molar-refractivity contribution is 0.0948. The van der Waals surface area contributed by atoms with Crippen LogP contribution < -0.4 is 5.32 Å². The van der Waals surface area contributed by atoms with Gasteiger partial charge in [0, 0.05) is 25.4 Å². The van der Waals surface area contributed by atoms with E-state index in [-0.39, 0.29) is 5.91 Å². The average molecular weight is 289 g/mol. The SMILES string of the molecule is Cc1nnc2sc(CCNC(=O)c3cnccn3)nn12. The molecule has 0 atom stereocenters. The smallest absolute Gasteiger partial charge is 0.271 e. The first-order valence-electron chi connectivity index (χ1n) is 5.96. The molecule has 0 spiro atoms. The molecule has 0 saturated heterocycles. The minimum Gasteiger partial charge on any atom is -0.350 e. The third kappa shape index (κ3) is 2.48. The zero-order valence-corrected chi connectivity index (χ0v) is 11.5. The Morgan fingerprint density at radius 3 is 3.05 bits per heavy atom. The summed E-state index contributed by atoms with van der Waals surface area (Å²) in [7, 11) is 0. The standard InChI is InChI=1S/C11H11N7OS/c1-7-15-16-11-18(7)17-9(20-11)2-3-14-10(19)8-6-12-4-5-13-8/h4-6H,2-3H2,1H3,(H,14,19). The topological polar surface area (TPSA) is 98.0 Å². The molecule has 3 rings (SSSR count). The fourth-order valence-corrected chi connectivity index (χ4v) is 2.52. The Morgan fingerprint density at radius 1 is 1.40 bits per heavy atom. The molecule has 3 aromatic rings. The molecule has 0 bridgehead atoms. The molecule has 102 valence electrons. The highest BCUT2D eigenvalue weighted by molar-refractivity contribution is 7.16. The van der Waals surface area contributed by atoms with Crippen molar-refractivity contribution in [1.29, 1.82) is 0 Å². The molecule has 1 N–H and O–H groups in total. The number of amides is 1. The van der Waals surface area contributed by atoms with Crippen LogP contribution in [0.5, 0.6) is 0 Å². The summed E-state index contributed by atoms with van der Waals surface area (Å²) in [5.41, 5.74) is 0.307. The number of hydrogen-bond donors (Lipinski definition) is 1. The maximum Gasteiger partial charge on any atom is 0.271 e. The van der Waals surface area contributed by atoms with E-state index in [1.807, 2.05) is 6.92 Å². The highest BCUT2D eigenvalue weighted by Crippen LogP contribution is 2.13. The fourth-order valence-electron chi connectivity index (χ4n) is 1.65. The molecule has 0 aromatic carbocycles. The van der Waals surface area contributed by atoms with Crippen molar-refractivity contribution >= 4 is 22.2 Å². The summed E-state index contributed by atoms with van der Waals surface area (Å²) < 4.78 is 1.70. The number of aryl methyl sites for hydroxylation is 1. The Kier molecular flexibility index (Phi) is 3.33. The summed E-state index contributed by atoms with van der Waals surface area (Å²) in [5, 5.41) is 16.0. The molecule has 0 saturated carbocycles. The number of rotatable bonds is 4. The second-order valence-corrected chi connectivity index (χ2v) is 5.07. The summed E-state index contributed by atoms with van der Waals surface area (Å²) in [6.45, 7) is 2.33. The number of carbonyl (C=O) groups is 1. The van der Waals surface area contributed by atoms with Crippen molar-refractivity contribution in [2.75, 3.05) is 6.54 Å². The molecule has 0 fully saturated rings. The summed E-state index contributed by atoms with van der Waals surface area (Å²) >= 11 is 1.46. The zero-order valence-electron chi connectivity index (χ0n) is 10.6. The molecule has 9 heteroatoms. The van der Waals surface area contributed by atoms with Crippen LogP contribution >= 0.6 is 11.3 Å². The monoisotopic (exact) mass is 289 g/mol. The largest absolute Gasteiger partial charge is 0.350 e. The van der Waals surface area contributed by atoms with Crippen LogP contribution in [0, 0.1) is 6.92 Å². The quantitative estimate of drug-likeness (QED) is 0.739. The molecular weight excluding hydrogens is 278 g/mol. The van der Waals surface area contributed by atoms with Crippen LogP contribution in [0.3, 0.4) is 0 Å². The summed E-state index contributed by atoms with van der Waals surface area (Å²) in [4.78, 5) is 20.3. The van der Waals surface area contributed by atoms with Crippen LogP contribution in [0.1, 0.15) is 21.3 Å². The van der Waals surface area contributed by atoms with Gasteiger partial charge in [0.25, 0.3) is 5.91 Å². The van der Waals surface area contributed by atoms with Gasteiger partial charge < -0.3 is 5.32 Å². The lowest BCUT2D eigenvalue weighted by Gasteiger charge is -2.01. The second-order valence-electron chi connectivity index (χ2n) is 4.03. The predicted octanol–water partition coefficient (Wildman–Crippen LogP) is 0.257. The Bertz CT molecular complexity index is 736. The number of nitrogens with one attached hydrogen (secondary N) is 1. The molecule has 0 unspecified atom stereocenters. The number of hydrogen-bond acceptors (Lipinski definition) is 7. The fraction of sp³-hybridized carbons (Fsp3) is 0.273. The average Bonchev–Trinajstić information content (AvgIpc) is 3.02. The van der Waals surface area contributed by atoms with Crippen molar-refractivity contribution in [3.8, 4) is 0 Å². The molecule has 3 aromatic heterocycles. The van der Waals surface area contributed by atoms with Gasteiger partial charge in [-0.1, -0.05) is 11.3 Å². The first kappa shape index (κ1) is 12.6. The molecule has 0 aliphatic carbocycles. The van der Waals surface area contributed by atoms with E-state index < -0.39 is 0 Å². The van der Waals surface area contributed by atoms with Crippen molar-refractivity contribution in [3.05, 3.63) is 35.1 Å². The lowest BCUT2D eigenvalue weighted by Crippen LogP contribution is -2.26. The number of nitrogens with zero attached hydrogens (tertiary/aromatic N) is 6. The van der Waals surface area contributed by atoms with Gasteiger partial charge in [0.15, 0.2) is 5.82 Å². The van der Waals surface area contributed by atoms with Crippen molar-refractivity contribution in [2.24, 2.45) is 0 Å². The molecule has 0 aliphatic heterocycles. The molecule has 8 nitrogen and oxygen atoms in total. The van der Waals surface area contributed by atoms with Gasteiger partial charge in [0.1, 0.15) is 10.7 Å². The molecular formula is C11H11N7OS. The van der Waals surface area contributed by atoms with Crippen molar-refractivity contribution in [2.45, 2.75) is 13.3 Å². The van der Waals surface area contributed by atoms with E-state index in [2.05, 4.69) is 30.6 Å². The first-order valence-corrected chi connectivity index (χ1v) is 6.77. The Balaban J connectivity index is 1.58. The maximum atomic E-state index is 11.8. The van der Waals surface area contributed by atoms with Crippen molar-refractivity contribution < 1.29 is 4.79 Å². The molecule has 0 radical (unpaired) electrons. The normalized spacial score (nSPS) is 10.8. The van der Waals surface area contributed by atoms with E-state index in [4.69, 9.17) is 0 Å². The van der Waals surface area contributed by atoms with Gasteiger partial charge in [0.05, 0.1) is 6.20 Å². The Morgan fingerprint density at radius 2 is 2.30 bits per heavy atom. The van der Waals surface area contributed by atoms with E-state index in [0.717, 1.165) is 15.8 Å². The Labute approximate surface area is 117 Å². The summed E-state index contributed by atoms with van der Waals surface area (Å²) in [6, 6.07) is 0. The van der Waals surface area contributed by atoms with Gasteiger partial charge >= 0.3 is 0 Å². The van der Waals surface area contributed by atoms with Gasteiger partial charge in [-0.3, -0.25) is 9.78 Å².